The fraction of sp³-hybridized carbons (Fsp3) is 0.125. The number of aliphatic hydroxyl groups excluding tert-OH is 1. The number of thiophene rings is 1. The predicted octanol–water partition coefficient (Wildman–Crippen LogP) is 5.18. The van der Waals surface area contributed by atoms with Crippen molar-refractivity contribution >= 4 is 27.2 Å². The molecule has 4 nitrogen and oxygen atoms in total. The minimum atomic E-state index is -0.0585. The second-order valence-electron chi connectivity index (χ2n) is 6.78. The Morgan fingerprint density at radius 2 is 1.72 bits per heavy atom. The number of benzene rings is 3. The monoisotopic (exact) mass is 404 g/mol. The molecule has 1 heterocycles. The number of phenolic OH excluding ortho intramolecular Hbond substituents is 1. The number of hydrogen-bond acceptors (Lipinski definition) is 5. The van der Waals surface area contributed by atoms with Gasteiger partial charge in [0.2, 0.25) is 0 Å². The van der Waals surface area contributed by atoms with Gasteiger partial charge in [-0.2, -0.15) is 0 Å². The van der Waals surface area contributed by atoms with Crippen molar-refractivity contribution in [3.05, 3.63) is 83.4 Å². The van der Waals surface area contributed by atoms with Crippen LogP contribution in [0.5, 0.6) is 11.5 Å². The molecule has 0 saturated heterocycles. The van der Waals surface area contributed by atoms with Crippen molar-refractivity contribution in [1.82, 2.24) is 0 Å². The molecule has 0 bridgehead atoms. The van der Waals surface area contributed by atoms with E-state index in [1.807, 2.05) is 31.2 Å². The molecular weight excluding hydrogens is 384 g/mol. The predicted molar refractivity (Wildman–Crippen MR) is 116 cm³/mol. The first-order valence-electron chi connectivity index (χ1n) is 9.28. The average molecular weight is 404 g/mol. The number of ketones is 1. The summed E-state index contributed by atoms with van der Waals surface area (Å²) < 4.78 is 6.44. The molecule has 4 aromatic rings. The molecule has 4 rings (SSSR count). The highest BCUT2D eigenvalue weighted by Crippen LogP contribution is 2.40. The Kier molecular flexibility index (Phi) is 5.34. The van der Waals surface area contributed by atoms with E-state index in [9.17, 15) is 9.90 Å². The quantitative estimate of drug-likeness (QED) is 0.434. The van der Waals surface area contributed by atoms with Crippen LogP contribution in [0.2, 0.25) is 0 Å². The standard InChI is InChI=1S/C24H20O4S/c1-15-2-11-20-21(14-15)29-24(17-3-7-18(26)8-4-17)22(20)23(27)16-5-9-19(10-6-16)28-13-12-25/h2-11,14,25-26H,12-13H2,1H3. The van der Waals surface area contributed by atoms with Crippen LogP contribution in [-0.2, 0) is 0 Å². The van der Waals surface area contributed by atoms with Gasteiger partial charge in [-0.15, -0.1) is 11.3 Å². The van der Waals surface area contributed by atoms with Gasteiger partial charge in [0.25, 0.3) is 0 Å². The molecule has 1 aromatic heterocycles. The minimum Gasteiger partial charge on any atom is -0.508 e. The van der Waals surface area contributed by atoms with Gasteiger partial charge in [0.1, 0.15) is 18.1 Å². The molecule has 5 heteroatoms. The van der Waals surface area contributed by atoms with E-state index < -0.39 is 0 Å². The van der Waals surface area contributed by atoms with Crippen molar-refractivity contribution in [3.63, 3.8) is 0 Å². The highest BCUT2D eigenvalue weighted by molar-refractivity contribution is 7.22. The van der Waals surface area contributed by atoms with Crippen LogP contribution in [0.25, 0.3) is 20.5 Å². The number of fused-ring (bicyclic) bond motifs is 1. The maximum absolute atomic E-state index is 13.5. The second-order valence-corrected chi connectivity index (χ2v) is 7.83. The summed E-state index contributed by atoms with van der Waals surface area (Å²) >= 11 is 1.58. The van der Waals surface area contributed by atoms with E-state index in [0.29, 0.717) is 16.9 Å². The fourth-order valence-corrected chi connectivity index (χ4v) is 4.56. The van der Waals surface area contributed by atoms with Gasteiger partial charge in [-0.25, -0.2) is 0 Å². The number of phenols is 1. The maximum atomic E-state index is 13.5. The summed E-state index contributed by atoms with van der Waals surface area (Å²) in [6, 6.07) is 20.0. The Morgan fingerprint density at radius 3 is 2.41 bits per heavy atom. The number of carbonyl (C=O) groups excluding carboxylic acids is 1. The van der Waals surface area contributed by atoms with E-state index in [1.165, 1.54) is 0 Å². The second kappa shape index (κ2) is 8.07. The van der Waals surface area contributed by atoms with Gasteiger partial charge in [-0.3, -0.25) is 4.79 Å². The molecule has 0 aliphatic rings. The number of aryl methyl sites for hydroxylation is 1. The summed E-state index contributed by atoms with van der Waals surface area (Å²) in [7, 11) is 0. The molecule has 2 N–H and O–H groups in total. The van der Waals surface area contributed by atoms with Crippen molar-refractivity contribution in [1.29, 1.82) is 0 Å². The zero-order valence-corrected chi connectivity index (χ0v) is 16.7. The van der Waals surface area contributed by atoms with Crippen molar-refractivity contribution < 1.29 is 19.7 Å². The molecular formula is C24H20O4S. The van der Waals surface area contributed by atoms with Crippen molar-refractivity contribution in [2.45, 2.75) is 6.92 Å². The maximum Gasteiger partial charge on any atom is 0.195 e. The highest BCUT2D eigenvalue weighted by atomic mass is 32.1. The Hall–Kier alpha value is -3.15. The Bertz CT molecular complexity index is 1160. The summed E-state index contributed by atoms with van der Waals surface area (Å²) in [5.74, 6) is 0.745. The third-order valence-electron chi connectivity index (χ3n) is 4.68. The molecule has 0 aliphatic heterocycles. The van der Waals surface area contributed by atoms with Gasteiger partial charge in [-0.1, -0.05) is 12.1 Å². The molecule has 0 spiro atoms. The van der Waals surface area contributed by atoms with Crippen LogP contribution in [0.4, 0.5) is 0 Å². The average Bonchev–Trinajstić information content (AvgIpc) is 3.11. The molecule has 0 saturated carbocycles. The smallest absolute Gasteiger partial charge is 0.195 e. The van der Waals surface area contributed by atoms with Crippen LogP contribution >= 0.6 is 11.3 Å². The molecule has 3 aromatic carbocycles. The number of ether oxygens (including phenoxy) is 1. The largest absolute Gasteiger partial charge is 0.508 e. The van der Waals surface area contributed by atoms with E-state index in [1.54, 1.807) is 47.7 Å². The van der Waals surface area contributed by atoms with Crippen LogP contribution in [0.15, 0.2) is 66.7 Å². The third-order valence-corrected chi connectivity index (χ3v) is 5.88. The Labute approximate surface area is 172 Å². The van der Waals surface area contributed by atoms with Crippen LogP contribution in [-0.4, -0.2) is 29.2 Å². The third kappa shape index (κ3) is 3.88. The van der Waals surface area contributed by atoms with Gasteiger partial charge >= 0.3 is 0 Å². The molecule has 29 heavy (non-hydrogen) atoms. The Balaban J connectivity index is 1.81. The van der Waals surface area contributed by atoms with Crippen molar-refractivity contribution in [2.75, 3.05) is 13.2 Å². The summed E-state index contributed by atoms with van der Waals surface area (Å²) in [4.78, 5) is 14.4. The normalized spacial score (nSPS) is 11.0. The van der Waals surface area contributed by atoms with E-state index in [2.05, 4.69) is 6.07 Å². The van der Waals surface area contributed by atoms with Crippen molar-refractivity contribution in [2.24, 2.45) is 0 Å². The lowest BCUT2D eigenvalue weighted by Crippen LogP contribution is -2.04. The fourth-order valence-electron chi connectivity index (χ4n) is 3.26. The lowest BCUT2D eigenvalue weighted by atomic mass is 9.97. The molecule has 0 aliphatic carbocycles. The molecule has 0 unspecified atom stereocenters. The number of hydrogen-bond donors (Lipinski definition) is 2. The van der Waals surface area contributed by atoms with E-state index in [4.69, 9.17) is 9.84 Å². The SMILES string of the molecule is Cc1ccc2c(C(=O)c3ccc(OCCO)cc3)c(-c3ccc(O)cc3)sc2c1. The van der Waals surface area contributed by atoms with Crippen LogP contribution in [0.3, 0.4) is 0 Å². The molecule has 0 atom stereocenters. The van der Waals surface area contributed by atoms with Gasteiger partial charge in [0.15, 0.2) is 5.78 Å². The first-order chi connectivity index (χ1) is 14.1. The van der Waals surface area contributed by atoms with Gasteiger partial charge < -0.3 is 14.9 Å². The Morgan fingerprint density at radius 1 is 1.00 bits per heavy atom. The number of carbonyl (C=O) groups is 1. The lowest BCUT2D eigenvalue weighted by molar-refractivity contribution is 0.104. The van der Waals surface area contributed by atoms with Crippen LogP contribution < -0.4 is 4.74 Å². The summed E-state index contributed by atoms with van der Waals surface area (Å²) in [6.07, 6.45) is 0. The lowest BCUT2D eigenvalue weighted by Gasteiger charge is -2.07. The molecule has 0 amide bonds. The summed E-state index contributed by atoms with van der Waals surface area (Å²) in [5.41, 5.74) is 3.27. The van der Waals surface area contributed by atoms with E-state index in [-0.39, 0.29) is 24.7 Å². The number of aliphatic hydroxyl groups is 1. The van der Waals surface area contributed by atoms with Crippen LogP contribution in [0, 0.1) is 6.92 Å². The minimum absolute atomic E-state index is 0.0584. The molecule has 146 valence electrons. The molecule has 0 radical (unpaired) electrons. The van der Waals surface area contributed by atoms with Crippen molar-refractivity contribution in [3.8, 4) is 21.9 Å². The number of rotatable bonds is 6. The zero-order valence-electron chi connectivity index (χ0n) is 15.9. The first-order valence-corrected chi connectivity index (χ1v) is 10.1. The summed E-state index contributed by atoms with van der Waals surface area (Å²) in [5, 5.41) is 19.4. The first kappa shape index (κ1) is 19.2. The summed E-state index contributed by atoms with van der Waals surface area (Å²) in [6.45, 7) is 2.19. The number of aromatic hydroxyl groups is 1. The van der Waals surface area contributed by atoms with Gasteiger partial charge in [0.05, 0.1) is 6.61 Å². The van der Waals surface area contributed by atoms with Crippen LogP contribution in [0.1, 0.15) is 21.5 Å². The highest BCUT2D eigenvalue weighted by Gasteiger charge is 2.21. The molecule has 0 fully saturated rings. The van der Waals surface area contributed by atoms with Gasteiger partial charge in [0, 0.05) is 26.1 Å². The topological polar surface area (TPSA) is 66.8 Å². The van der Waals surface area contributed by atoms with E-state index >= 15 is 0 Å². The van der Waals surface area contributed by atoms with Gasteiger partial charge in [-0.05, 0) is 72.6 Å². The van der Waals surface area contributed by atoms with E-state index in [0.717, 1.165) is 26.1 Å². The zero-order chi connectivity index (χ0) is 20.4.